The highest BCUT2D eigenvalue weighted by molar-refractivity contribution is 6.04. The number of carbonyl (C=O) groups excluding carboxylic acids is 1. The number of rotatable bonds is 6. The van der Waals surface area contributed by atoms with E-state index in [4.69, 9.17) is 4.74 Å². The first-order valence-electron chi connectivity index (χ1n) is 8.88. The molecule has 27 heavy (non-hydrogen) atoms. The molecule has 5 nitrogen and oxygen atoms in total. The maximum Gasteiger partial charge on any atom is 0.255 e. The first-order chi connectivity index (χ1) is 13.0. The molecule has 0 unspecified atom stereocenters. The Balaban J connectivity index is 1.76. The third-order valence-electron chi connectivity index (χ3n) is 3.84. The third kappa shape index (κ3) is 5.07. The SMILES string of the molecule is Cc1ccc(NC(=O)c2ccnc(Nc3ccccc3OC(C)C)c2)cc1. The second kappa shape index (κ2) is 8.36. The fraction of sp³-hybridized carbons (Fsp3) is 0.182. The van der Waals surface area contributed by atoms with Crippen molar-refractivity contribution in [2.24, 2.45) is 0 Å². The van der Waals surface area contributed by atoms with Crippen molar-refractivity contribution in [3.8, 4) is 5.75 Å². The van der Waals surface area contributed by atoms with Crippen LogP contribution in [0.25, 0.3) is 0 Å². The number of hydrogen-bond donors (Lipinski definition) is 2. The molecular weight excluding hydrogens is 338 g/mol. The molecule has 0 aliphatic heterocycles. The molecule has 1 aromatic heterocycles. The average molecular weight is 361 g/mol. The molecule has 0 atom stereocenters. The molecule has 0 aliphatic carbocycles. The largest absolute Gasteiger partial charge is 0.489 e. The van der Waals surface area contributed by atoms with Crippen molar-refractivity contribution in [1.82, 2.24) is 4.98 Å². The summed E-state index contributed by atoms with van der Waals surface area (Å²) in [5, 5.41) is 6.12. The predicted octanol–water partition coefficient (Wildman–Crippen LogP) is 5.17. The van der Waals surface area contributed by atoms with Gasteiger partial charge in [-0.15, -0.1) is 0 Å². The lowest BCUT2D eigenvalue weighted by atomic mass is 10.2. The van der Waals surface area contributed by atoms with Gasteiger partial charge in [-0.3, -0.25) is 4.79 Å². The van der Waals surface area contributed by atoms with Crippen molar-refractivity contribution in [2.45, 2.75) is 26.9 Å². The quantitative estimate of drug-likeness (QED) is 0.635. The molecule has 138 valence electrons. The summed E-state index contributed by atoms with van der Waals surface area (Å²) in [6.45, 7) is 5.96. The average Bonchev–Trinajstić information content (AvgIpc) is 2.65. The maximum atomic E-state index is 12.5. The fourth-order valence-electron chi connectivity index (χ4n) is 2.54. The van der Waals surface area contributed by atoms with Crippen molar-refractivity contribution in [2.75, 3.05) is 10.6 Å². The van der Waals surface area contributed by atoms with Crippen LogP contribution in [-0.4, -0.2) is 17.0 Å². The van der Waals surface area contributed by atoms with Crippen molar-refractivity contribution in [3.63, 3.8) is 0 Å². The number of aromatic nitrogens is 1. The van der Waals surface area contributed by atoms with Gasteiger partial charge in [0.1, 0.15) is 11.6 Å². The standard InChI is InChI=1S/C22H23N3O2/c1-15(2)27-20-7-5-4-6-19(20)25-21-14-17(12-13-23-21)22(26)24-18-10-8-16(3)9-11-18/h4-15H,1-3H3,(H,23,25)(H,24,26). The monoisotopic (exact) mass is 361 g/mol. The number of ether oxygens (including phenoxy) is 1. The van der Waals surface area contributed by atoms with Crippen molar-refractivity contribution < 1.29 is 9.53 Å². The number of nitrogens with zero attached hydrogens (tertiary/aromatic N) is 1. The Labute approximate surface area is 159 Å². The summed E-state index contributed by atoms with van der Waals surface area (Å²) in [4.78, 5) is 16.8. The van der Waals surface area contributed by atoms with Gasteiger partial charge in [-0.1, -0.05) is 29.8 Å². The summed E-state index contributed by atoms with van der Waals surface area (Å²) < 4.78 is 5.81. The molecule has 0 bridgehead atoms. The number of nitrogens with one attached hydrogen (secondary N) is 2. The van der Waals surface area contributed by atoms with Crippen molar-refractivity contribution >= 4 is 23.1 Å². The van der Waals surface area contributed by atoms with E-state index in [2.05, 4.69) is 15.6 Å². The van der Waals surface area contributed by atoms with Gasteiger partial charge in [0.15, 0.2) is 0 Å². The van der Waals surface area contributed by atoms with E-state index in [9.17, 15) is 4.79 Å². The van der Waals surface area contributed by atoms with E-state index in [1.54, 1.807) is 18.3 Å². The van der Waals surface area contributed by atoms with Gasteiger partial charge < -0.3 is 15.4 Å². The summed E-state index contributed by atoms with van der Waals surface area (Å²) in [6.07, 6.45) is 1.67. The van der Waals surface area contributed by atoms with Gasteiger partial charge in [0, 0.05) is 17.4 Å². The van der Waals surface area contributed by atoms with Crippen LogP contribution in [0.5, 0.6) is 5.75 Å². The van der Waals surface area contributed by atoms with E-state index in [0.29, 0.717) is 11.4 Å². The van der Waals surface area contributed by atoms with Crippen LogP contribution in [-0.2, 0) is 0 Å². The first-order valence-corrected chi connectivity index (χ1v) is 8.88. The Bertz CT molecular complexity index is 921. The molecule has 0 saturated heterocycles. The number of amides is 1. The van der Waals surface area contributed by atoms with Gasteiger partial charge in [-0.25, -0.2) is 4.98 Å². The van der Waals surface area contributed by atoms with Crippen LogP contribution < -0.4 is 15.4 Å². The molecule has 2 aromatic carbocycles. The number of carbonyl (C=O) groups is 1. The smallest absolute Gasteiger partial charge is 0.255 e. The van der Waals surface area contributed by atoms with E-state index >= 15 is 0 Å². The minimum Gasteiger partial charge on any atom is -0.489 e. The topological polar surface area (TPSA) is 63.2 Å². The van der Waals surface area contributed by atoms with Gasteiger partial charge in [0.2, 0.25) is 0 Å². The predicted molar refractivity (Wildman–Crippen MR) is 109 cm³/mol. The summed E-state index contributed by atoms with van der Waals surface area (Å²) in [5.41, 5.74) is 3.23. The molecule has 1 amide bonds. The number of para-hydroxylation sites is 2. The van der Waals surface area contributed by atoms with Gasteiger partial charge in [0.25, 0.3) is 5.91 Å². The molecule has 0 aliphatic rings. The van der Waals surface area contributed by atoms with Crippen LogP contribution in [0.15, 0.2) is 66.9 Å². The van der Waals surface area contributed by atoms with Crippen LogP contribution >= 0.6 is 0 Å². The zero-order valence-corrected chi connectivity index (χ0v) is 15.7. The van der Waals surface area contributed by atoms with Crippen LogP contribution in [0.3, 0.4) is 0 Å². The summed E-state index contributed by atoms with van der Waals surface area (Å²) in [5.74, 6) is 1.13. The van der Waals surface area contributed by atoms with E-state index in [1.807, 2.05) is 69.3 Å². The second-order valence-electron chi connectivity index (χ2n) is 6.54. The molecule has 0 radical (unpaired) electrons. The minimum absolute atomic E-state index is 0.0625. The molecule has 5 heteroatoms. The molecular formula is C22H23N3O2. The maximum absolute atomic E-state index is 12.5. The Morgan fingerprint density at radius 3 is 2.52 bits per heavy atom. The fourth-order valence-corrected chi connectivity index (χ4v) is 2.54. The Kier molecular flexibility index (Phi) is 5.71. The van der Waals surface area contributed by atoms with Crippen LogP contribution in [0.1, 0.15) is 29.8 Å². The van der Waals surface area contributed by atoms with Gasteiger partial charge in [-0.2, -0.15) is 0 Å². The second-order valence-corrected chi connectivity index (χ2v) is 6.54. The Morgan fingerprint density at radius 2 is 1.78 bits per heavy atom. The van der Waals surface area contributed by atoms with E-state index < -0.39 is 0 Å². The highest BCUT2D eigenvalue weighted by Crippen LogP contribution is 2.27. The zero-order chi connectivity index (χ0) is 19.2. The number of benzene rings is 2. The lowest BCUT2D eigenvalue weighted by Crippen LogP contribution is -2.12. The molecule has 3 rings (SSSR count). The van der Waals surface area contributed by atoms with Gasteiger partial charge in [0.05, 0.1) is 11.8 Å². The Hall–Kier alpha value is -3.34. The van der Waals surface area contributed by atoms with E-state index in [1.165, 1.54) is 0 Å². The first kappa shape index (κ1) is 18.5. The minimum atomic E-state index is -0.184. The zero-order valence-electron chi connectivity index (χ0n) is 15.7. The highest BCUT2D eigenvalue weighted by atomic mass is 16.5. The molecule has 1 heterocycles. The molecule has 0 spiro atoms. The van der Waals surface area contributed by atoms with Crippen LogP contribution in [0.4, 0.5) is 17.2 Å². The molecule has 0 fully saturated rings. The molecule has 3 aromatic rings. The van der Waals surface area contributed by atoms with E-state index in [-0.39, 0.29) is 12.0 Å². The van der Waals surface area contributed by atoms with Gasteiger partial charge in [-0.05, 0) is 57.2 Å². The number of anilines is 3. The van der Waals surface area contributed by atoms with Crippen molar-refractivity contribution in [1.29, 1.82) is 0 Å². The summed E-state index contributed by atoms with van der Waals surface area (Å²) >= 11 is 0. The number of hydrogen-bond acceptors (Lipinski definition) is 4. The van der Waals surface area contributed by atoms with E-state index in [0.717, 1.165) is 22.7 Å². The third-order valence-corrected chi connectivity index (χ3v) is 3.84. The summed E-state index contributed by atoms with van der Waals surface area (Å²) in [7, 11) is 0. The summed E-state index contributed by atoms with van der Waals surface area (Å²) in [6, 6.07) is 18.7. The van der Waals surface area contributed by atoms with Crippen LogP contribution in [0, 0.1) is 6.92 Å². The van der Waals surface area contributed by atoms with Gasteiger partial charge >= 0.3 is 0 Å². The highest BCUT2D eigenvalue weighted by Gasteiger charge is 2.10. The lowest BCUT2D eigenvalue weighted by Gasteiger charge is -2.15. The normalized spacial score (nSPS) is 10.5. The number of aryl methyl sites for hydroxylation is 1. The van der Waals surface area contributed by atoms with Crippen molar-refractivity contribution in [3.05, 3.63) is 78.0 Å². The molecule has 0 saturated carbocycles. The molecule has 2 N–H and O–H groups in total. The lowest BCUT2D eigenvalue weighted by molar-refractivity contribution is 0.102. The van der Waals surface area contributed by atoms with Crippen LogP contribution in [0.2, 0.25) is 0 Å². The Morgan fingerprint density at radius 1 is 1.04 bits per heavy atom. The number of pyridine rings is 1.